The molecule has 19 heavy (non-hydrogen) atoms. The van der Waals surface area contributed by atoms with Crippen LogP contribution in [0.25, 0.3) is 0 Å². The van der Waals surface area contributed by atoms with Crippen LogP contribution in [0.3, 0.4) is 0 Å². The highest BCUT2D eigenvalue weighted by Crippen LogP contribution is 2.11. The largest absolute Gasteiger partial charge is 0.480 e. The summed E-state index contributed by atoms with van der Waals surface area (Å²) in [7, 11) is 0. The Hall–Kier alpha value is -1.10. The first kappa shape index (κ1) is 16.0. The topological polar surface area (TPSA) is 69.6 Å². The molecule has 5 nitrogen and oxygen atoms in total. The fourth-order valence-electron chi connectivity index (χ4n) is 2.50. The molecule has 2 atom stereocenters. The van der Waals surface area contributed by atoms with E-state index in [1.54, 1.807) is 6.92 Å². The van der Waals surface area contributed by atoms with Crippen LogP contribution in [0, 0.1) is 0 Å². The van der Waals surface area contributed by atoms with Gasteiger partial charge in [-0.25, -0.2) is 0 Å². The molecule has 0 aliphatic carbocycles. The van der Waals surface area contributed by atoms with Crippen molar-refractivity contribution < 1.29 is 14.7 Å². The van der Waals surface area contributed by atoms with Crippen LogP contribution in [0.2, 0.25) is 0 Å². The third-order valence-electron chi connectivity index (χ3n) is 3.61. The van der Waals surface area contributed by atoms with Crippen LogP contribution < -0.4 is 5.32 Å². The number of amides is 1. The molecule has 1 saturated heterocycles. The van der Waals surface area contributed by atoms with Gasteiger partial charge in [0.05, 0.1) is 6.04 Å². The summed E-state index contributed by atoms with van der Waals surface area (Å²) in [6.07, 6.45) is 5.80. The van der Waals surface area contributed by atoms with Crippen molar-refractivity contribution in [3.05, 3.63) is 0 Å². The molecule has 2 unspecified atom stereocenters. The van der Waals surface area contributed by atoms with E-state index in [0.717, 1.165) is 32.4 Å². The van der Waals surface area contributed by atoms with Crippen LogP contribution in [0.1, 0.15) is 52.4 Å². The maximum Gasteiger partial charge on any atom is 0.320 e. The van der Waals surface area contributed by atoms with Gasteiger partial charge < -0.3 is 10.0 Å². The van der Waals surface area contributed by atoms with E-state index in [1.165, 1.54) is 12.8 Å². The summed E-state index contributed by atoms with van der Waals surface area (Å²) in [5.74, 6) is -0.846. The third-order valence-corrected chi connectivity index (χ3v) is 3.61. The van der Waals surface area contributed by atoms with Gasteiger partial charge in [0.2, 0.25) is 5.91 Å². The lowest BCUT2D eigenvalue weighted by Gasteiger charge is -2.26. The molecule has 1 heterocycles. The predicted octanol–water partition coefficient (Wildman–Crippen LogP) is 1.62. The number of nitrogens with zero attached hydrogens (tertiary/aromatic N) is 1. The first-order valence-corrected chi connectivity index (χ1v) is 7.34. The molecule has 1 aliphatic rings. The highest BCUT2D eigenvalue weighted by atomic mass is 16.4. The van der Waals surface area contributed by atoms with Gasteiger partial charge in [0.25, 0.3) is 0 Å². The number of rotatable bonds is 6. The van der Waals surface area contributed by atoms with E-state index < -0.39 is 18.1 Å². The van der Waals surface area contributed by atoms with Crippen LogP contribution in [0.5, 0.6) is 0 Å². The van der Waals surface area contributed by atoms with Gasteiger partial charge >= 0.3 is 5.97 Å². The monoisotopic (exact) mass is 270 g/mol. The zero-order valence-corrected chi connectivity index (χ0v) is 12.0. The first-order chi connectivity index (χ1) is 9.06. The number of carboxylic acids is 1. The van der Waals surface area contributed by atoms with Crippen LogP contribution >= 0.6 is 0 Å². The van der Waals surface area contributed by atoms with Crippen LogP contribution in [0.15, 0.2) is 0 Å². The highest BCUT2D eigenvalue weighted by molar-refractivity contribution is 5.82. The lowest BCUT2D eigenvalue weighted by molar-refractivity contribution is -0.140. The standard InChI is InChI=1S/C14H26N2O3/c1-3-8-12(14(18)19)15-11(2)13(17)16-9-6-4-5-7-10-16/h11-12,15H,3-10H2,1-2H3,(H,18,19). The lowest BCUT2D eigenvalue weighted by Crippen LogP contribution is -2.50. The molecular formula is C14H26N2O3. The second kappa shape index (κ2) is 8.15. The third kappa shape index (κ3) is 5.19. The SMILES string of the molecule is CCCC(NC(C)C(=O)N1CCCCCC1)C(=O)O. The lowest BCUT2D eigenvalue weighted by atomic mass is 10.1. The summed E-state index contributed by atoms with van der Waals surface area (Å²) < 4.78 is 0. The Morgan fingerprint density at radius 1 is 1.21 bits per heavy atom. The van der Waals surface area contributed by atoms with Gasteiger partial charge in [0, 0.05) is 13.1 Å². The molecule has 0 spiro atoms. The molecular weight excluding hydrogens is 244 g/mol. The Bertz CT molecular complexity index is 299. The Kier molecular flexibility index (Phi) is 6.84. The van der Waals surface area contributed by atoms with E-state index in [4.69, 9.17) is 5.11 Å². The van der Waals surface area contributed by atoms with Crippen LogP contribution in [-0.2, 0) is 9.59 Å². The van der Waals surface area contributed by atoms with Gasteiger partial charge in [0.15, 0.2) is 0 Å². The van der Waals surface area contributed by atoms with Gasteiger partial charge in [-0.1, -0.05) is 26.2 Å². The smallest absolute Gasteiger partial charge is 0.320 e. The Morgan fingerprint density at radius 2 is 1.79 bits per heavy atom. The van der Waals surface area contributed by atoms with Gasteiger partial charge in [0.1, 0.15) is 6.04 Å². The molecule has 1 rings (SSSR count). The van der Waals surface area contributed by atoms with E-state index in [0.29, 0.717) is 6.42 Å². The van der Waals surface area contributed by atoms with E-state index in [-0.39, 0.29) is 5.91 Å². The number of carbonyl (C=O) groups is 2. The van der Waals surface area contributed by atoms with Crippen molar-refractivity contribution in [2.75, 3.05) is 13.1 Å². The second-order valence-corrected chi connectivity index (χ2v) is 5.31. The molecule has 0 aromatic carbocycles. The molecule has 1 aliphatic heterocycles. The van der Waals surface area contributed by atoms with E-state index in [2.05, 4.69) is 5.32 Å². The normalized spacial score (nSPS) is 19.6. The molecule has 0 aromatic heterocycles. The number of aliphatic carboxylic acids is 1. The molecule has 2 N–H and O–H groups in total. The minimum atomic E-state index is -0.877. The minimum absolute atomic E-state index is 0.0317. The van der Waals surface area contributed by atoms with Crippen molar-refractivity contribution in [3.8, 4) is 0 Å². The van der Waals surface area contributed by atoms with Crippen molar-refractivity contribution in [1.29, 1.82) is 0 Å². The molecule has 1 amide bonds. The summed E-state index contributed by atoms with van der Waals surface area (Å²) in [6.45, 7) is 5.31. The molecule has 0 aromatic rings. The quantitative estimate of drug-likeness (QED) is 0.769. The molecule has 5 heteroatoms. The maximum atomic E-state index is 12.3. The molecule has 1 fully saturated rings. The van der Waals surface area contributed by atoms with Crippen LogP contribution in [-0.4, -0.2) is 47.1 Å². The summed E-state index contributed by atoms with van der Waals surface area (Å²) >= 11 is 0. The molecule has 0 bridgehead atoms. The van der Waals surface area contributed by atoms with E-state index >= 15 is 0 Å². The van der Waals surface area contributed by atoms with E-state index in [1.807, 2.05) is 11.8 Å². The molecule has 110 valence electrons. The predicted molar refractivity (Wildman–Crippen MR) is 74.0 cm³/mol. The summed E-state index contributed by atoms with van der Waals surface area (Å²) in [4.78, 5) is 25.2. The minimum Gasteiger partial charge on any atom is -0.480 e. The Morgan fingerprint density at radius 3 is 2.26 bits per heavy atom. The fourth-order valence-corrected chi connectivity index (χ4v) is 2.50. The van der Waals surface area contributed by atoms with Gasteiger partial charge in [-0.05, 0) is 26.2 Å². The zero-order chi connectivity index (χ0) is 14.3. The number of carboxylic acid groups (broad SMARTS) is 1. The Balaban J connectivity index is 2.52. The second-order valence-electron chi connectivity index (χ2n) is 5.31. The highest BCUT2D eigenvalue weighted by Gasteiger charge is 2.25. The van der Waals surface area contributed by atoms with Crippen LogP contribution in [0.4, 0.5) is 0 Å². The number of likely N-dealkylation sites (tertiary alicyclic amines) is 1. The number of carbonyl (C=O) groups excluding carboxylic acids is 1. The van der Waals surface area contributed by atoms with Crippen molar-refractivity contribution in [2.45, 2.75) is 64.5 Å². The number of hydrogen-bond donors (Lipinski definition) is 2. The zero-order valence-electron chi connectivity index (χ0n) is 12.0. The fraction of sp³-hybridized carbons (Fsp3) is 0.857. The van der Waals surface area contributed by atoms with Crippen molar-refractivity contribution in [1.82, 2.24) is 10.2 Å². The van der Waals surface area contributed by atoms with Gasteiger partial charge in [-0.3, -0.25) is 14.9 Å². The maximum absolute atomic E-state index is 12.3. The number of hydrogen-bond acceptors (Lipinski definition) is 3. The Labute approximate surface area is 115 Å². The summed E-state index contributed by atoms with van der Waals surface area (Å²) in [5, 5.41) is 12.0. The van der Waals surface area contributed by atoms with Crippen molar-refractivity contribution in [2.24, 2.45) is 0 Å². The molecule has 0 radical (unpaired) electrons. The van der Waals surface area contributed by atoms with Gasteiger partial charge in [-0.2, -0.15) is 0 Å². The van der Waals surface area contributed by atoms with E-state index in [9.17, 15) is 9.59 Å². The average Bonchev–Trinajstić information content (AvgIpc) is 2.65. The van der Waals surface area contributed by atoms with Crippen molar-refractivity contribution >= 4 is 11.9 Å². The van der Waals surface area contributed by atoms with Gasteiger partial charge in [-0.15, -0.1) is 0 Å². The average molecular weight is 270 g/mol. The summed E-state index contributed by atoms with van der Waals surface area (Å²) in [6, 6.07) is -1.05. The summed E-state index contributed by atoms with van der Waals surface area (Å²) in [5.41, 5.74) is 0. The number of nitrogens with one attached hydrogen (secondary N) is 1. The first-order valence-electron chi connectivity index (χ1n) is 7.34. The molecule has 0 saturated carbocycles. The van der Waals surface area contributed by atoms with Crippen molar-refractivity contribution in [3.63, 3.8) is 0 Å².